The van der Waals surface area contributed by atoms with Crippen molar-refractivity contribution in [2.75, 3.05) is 5.32 Å². The van der Waals surface area contributed by atoms with Crippen molar-refractivity contribution in [1.29, 1.82) is 0 Å². The van der Waals surface area contributed by atoms with Gasteiger partial charge in [-0.2, -0.15) is 0 Å². The fourth-order valence-electron chi connectivity index (χ4n) is 1.88. The lowest BCUT2D eigenvalue weighted by molar-refractivity contribution is 0.613. The molecule has 0 saturated heterocycles. The van der Waals surface area contributed by atoms with E-state index in [9.17, 15) is 4.39 Å². The highest BCUT2D eigenvalue weighted by Crippen LogP contribution is 2.15. The predicted octanol–water partition coefficient (Wildman–Crippen LogP) is 2.41. The van der Waals surface area contributed by atoms with E-state index in [4.69, 9.17) is 0 Å². The molecule has 0 aliphatic carbocycles. The summed E-state index contributed by atoms with van der Waals surface area (Å²) >= 11 is 0. The molecule has 0 amide bonds. The van der Waals surface area contributed by atoms with E-state index in [1.165, 1.54) is 12.4 Å². The van der Waals surface area contributed by atoms with E-state index in [2.05, 4.69) is 20.8 Å². The Morgan fingerprint density at radius 1 is 1.10 bits per heavy atom. The van der Waals surface area contributed by atoms with Gasteiger partial charge in [-0.15, -0.1) is 5.10 Å². The highest BCUT2D eigenvalue weighted by molar-refractivity contribution is 5.51. The third-order valence-electron chi connectivity index (χ3n) is 2.90. The molecule has 100 valence electrons. The van der Waals surface area contributed by atoms with Crippen molar-refractivity contribution < 1.29 is 4.39 Å². The van der Waals surface area contributed by atoms with Crippen molar-refractivity contribution in [3.63, 3.8) is 0 Å². The number of hydrogen-bond acceptors (Lipinski definition) is 4. The van der Waals surface area contributed by atoms with Gasteiger partial charge in [0.1, 0.15) is 12.1 Å². The molecule has 3 aromatic rings. The summed E-state index contributed by atoms with van der Waals surface area (Å²) in [6.07, 6.45) is 1.52. The summed E-state index contributed by atoms with van der Waals surface area (Å²) < 4.78 is 15.1. The van der Waals surface area contributed by atoms with Crippen LogP contribution >= 0.6 is 0 Å². The van der Waals surface area contributed by atoms with Crippen molar-refractivity contribution in [3.8, 4) is 5.69 Å². The van der Waals surface area contributed by atoms with E-state index in [1.54, 1.807) is 16.8 Å². The number of anilines is 1. The molecular weight excluding hydrogens is 257 g/mol. The maximum absolute atomic E-state index is 13.5. The van der Waals surface area contributed by atoms with Crippen LogP contribution in [0.3, 0.4) is 0 Å². The largest absolute Gasteiger partial charge is 0.381 e. The van der Waals surface area contributed by atoms with Gasteiger partial charge in [0.15, 0.2) is 0 Å². The van der Waals surface area contributed by atoms with Gasteiger partial charge in [0.05, 0.1) is 5.69 Å². The van der Waals surface area contributed by atoms with Gasteiger partial charge in [-0.1, -0.05) is 24.3 Å². The molecule has 0 saturated carbocycles. The zero-order chi connectivity index (χ0) is 13.8. The van der Waals surface area contributed by atoms with Crippen LogP contribution < -0.4 is 5.32 Å². The first-order valence-electron chi connectivity index (χ1n) is 6.13. The molecule has 0 aliphatic heterocycles. The van der Waals surface area contributed by atoms with E-state index in [0.29, 0.717) is 12.1 Å². The zero-order valence-electron chi connectivity index (χ0n) is 10.6. The molecule has 0 fully saturated rings. The van der Waals surface area contributed by atoms with E-state index in [-0.39, 0.29) is 5.82 Å². The van der Waals surface area contributed by atoms with Crippen LogP contribution in [0.1, 0.15) is 5.56 Å². The summed E-state index contributed by atoms with van der Waals surface area (Å²) in [5.41, 5.74) is 2.34. The summed E-state index contributed by atoms with van der Waals surface area (Å²) in [6.45, 7) is 0.422. The monoisotopic (exact) mass is 269 g/mol. The molecule has 2 aromatic carbocycles. The first-order valence-corrected chi connectivity index (χ1v) is 6.13. The summed E-state index contributed by atoms with van der Waals surface area (Å²) in [5.74, 6) is -0.211. The lowest BCUT2D eigenvalue weighted by Gasteiger charge is -2.08. The molecule has 0 spiro atoms. The molecule has 0 bridgehead atoms. The topological polar surface area (TPSA) is 55.6 Å². The molecule has 0 atom stereocenters. The van der Waals surface area contributed by atoms with Crippen LogP contribution in [0, 0.1) is 5.82 Å². The Bertz CT molecular complexity index is 696. The minimum Gasteiger partial charge on any atom is -0.381 e. The second kappa shape index (κ2) is 5.48. The zero-order valence-corrected chi connectivity index (χ0v) is 10.6. The maximum atomic E-state index is 13.5. The molecule has 0 aliphatic rings. The number of hydrogen-bond donors (Lipinski definition) is 1. The van der Waals surface area contributed by atoms with Gasteiger partial charge in [0.2, 0.25) is 0 Å². The van der Waals surface area contributed by atoms with Gasteiger partial charge in [-0.25, -0.2) is 9.07 Å². The van der Waals surface area contributed by atoms with Crippen molar-refractivity contribution in [2.24, 2.45) is 0 Å². The van der Waals surface area contributed by atoms with Crippen LogP contribution in [0.5, 0.6) is 0 Å². The summed E-state index contributed by atoms with van der Waals surface area (Å²) in [6, 6.07) is 14.3. The molecular formula is C14H12FN5. The highest BCUT2D eigenvalue weighted by Gasteiger charge is 2.02. The Hall–Kier alpha value is -2.76. The van der Waals surface area contributed by atoms with Crippen LogP contribution in [-0.2, 0) is 6.54 Å². The van der Waals surface area contributed by atoms with Crippen LogP contribution in [0.25, 0.3) is 5.69 Å². The molecule has 6 heteroatoms. The summed E-state index contributed by atoms with van der Waals surface area (Å²) in [5, 5.41) is 14.2. The minimum absolute atomic E-state index is 0.211. The van der Waals surface area contributed by atoms with Crippen molar-refractivity contribution in [3.05, 3.63) is 66.2 Å². The molecule has 0 unspecified atom stereocenters. The van der Waals surface area contributed by atoms with Gasteiger partial charge in [0.25, 0.3) is 0 Å². The number of halogens is 1. The first kappa shape index (κ1) is 12.3. The fraction of sp³-hybridized carbons (Fsp3) is 0.0714. The number of rotatable bonds is 4. The lowest BCUT2D eigenvalue weighted by atomic mass is 10.2. The van der Waals surface area contributed by atoms with Crippen molar-refractivity contribution >= 4 is 5.69 Å². The number of aromatic nitrogens is 4. The molecule has 0 radical (unpaired) electrons. The Balaban J connectivity index is 1.75. The Morgan fingerprint density at radius 3 is 2.80 bits per heavy atom. The minimum atomic E-state index is -0.211. The van der Waals surface area contributed by atoms with Crippen LogP contribution in [0.4, 0.5) is 10.1 Å². The van der Waals surface area contributed by atoms with Gasteiger partial charge in [-0.05, 0) is 34.7 Å². The van der Waals surface area contributed by atoms with Crippen LogP contribution in [0.2, 0.25) is 0 Å². The van der Waals surface area contributed by atoms with Crippen molar-refractivity contribution in [2.45, 2.75) is 6.54 Å². The van der Waals surface area contributed by atoms with E-state index in [1.807, 2.05) is 30.3 Å². The molecule has 1 aromatic heterocycles. The van der Waals surface area contributed by atoms with Crippen LogP contribution in [0.15, 0.2) is 54.9 Å². The second-order valence-electron chi connectivity index (χ2n) is 4.25. The Morgan fingerprint density at radius 2 is 2.00 bits per heavy atom. The highest BCUT2D eigenvalue weighted by atomic mass is 19.1. The molecule has 5 nitrogen and oxygen atoms in total. The molecule has 3 rings (SSSR count). The third kappa shape index (κ3) is 2.64. The summed E-state index contributed by atoms with van der Waals surface area (Å²) in [7, 11) is 0. The normalized spacial score (nSPS) is 10.4. The average molecular weight is 269 g/mol. The average Bonchev–Trinajstić information content (AvgIpc) is 3.01. The number of nitrogens with one attached hydrogen (secondary N) is 1. The molecule has 1 N–H and O–H groups in total. The second-order valence-corrected chi connectivity index (χ2v) is 4.25. The maximum Gasteiger partial charge on any atom is 0.143 e. The quantitative estimate of drug-likeness (QED) is 0.790. The number of tetrazole rings is 1. The van der Waals surface area contributed by atoms with Crippen LogP contribution in [-0.4, -0.2) is 20.2 Å². The standard InChI is InChI=1S/C14H12FN5/c15-14-7-2-1-4-11(14)9-16-12-5-3-6-13(8-12)20-10-17-18-19-20/h1-8,10,16H,9H2. The van der Waals surface area contributed by atoms with Gasteiger partial charge in [0, 0.05) is 17.8 Å². The smallest absolute Gasteiger partial charge is 0.143 e. The van der Waals surface area contributed by atoms with Gasteiger partial charge in [-0.3, -0.25) is 0 Å². The van der Waals surface area contributed by atoms with Crippen molar-refractivity contribution in [1.82, 2.24) is 20.2 Å². The SMILES string of the molecule is Fc1ccccc1CNc1cccc(-n2cnnn2)c1. The van der Waals surface area contributed by atoms with Gasteiger partial charge >= 0.3 is 0 Å². The Kier molecular flexibility index (Phi) is 3.36. The Labute approximate surface area is 115 Å². The number of nitrogens with zero attached hydrogens (tertiary/aromatic N) is 4. The molecule has 20 heavy (non-hydrogen) atoms. The number of benzene rings is 2. The summed E-state index contributed by atoms with van der Waals surface area (Å²) in [4.78, 5) is 0. The van der Waals surface area contributed by atoms with E-state index in [0.717, 1.165) is 11.4 Å². The van der Waals surface area contributed by atoms with Gasteiger partial charge < -0.3 is 5.32 Å². The van der Waals surface area contributed by atoms with E-state index < -0.39 is 0 Å². The van der Waals surface area contributed by atoms with E-state index >= 15 is 0 Å². The fourth-order valence-corrected chi connectivity index (χ4v) is 1.88. The lowest BCUT2D eigenvalue weighted by Crippen LogP contribution is -2.02. The molecule has 1 heterocycles. The third-order valence-corrected chi connectivity index (χ3v) is 2.90. The first-order chi connectivity index (χ1) is 9.83. The predicted molar refractivity (Wildman–Crippen MR) is 72.9 cm³/mol.